The van der Waals surface area contributed by atoms with Crippen molar-refractivity contribution in [3.8, 4) is 5.69 Å². The van der Waals surface area contributed by atoms with E-state index in [0.29, 0.717) is 17.0 Å². The fourth-order valence-corrected chi connectivity index (χ4v) is 2.37. The number of aryl methyl sites for hydroxylation is 1. The number of nitrogens with one attached hydrogen (secondary N) is 1. The first-order valence-electron chi connectivity index (χ1n) is 8.01. The molecule has 0 fully saturated rings. The number of ether oxygens (including phenoxy) is 1. The largest absolute Gasteiger partial charge is 0.449 e. The molecule has 0 saturated heterocycles. The van der Waals surface area contributed by atoms with Gasteiger partial charge in [0.15, 0.2) is 11.9 Å². The quantitative estimate of drug-likeness (QED) is 0.707. The molecule has 0 aliphatic rings. The average Bonchev–Trinajstić information content (AvgIpc) is 3.21. The van der Waals surface area contributed by atoms with Crippen LogP contribution >= 0.6 is 0 Å². The van der Waals surface area contributed by atoms with Crippen LogP contribution in [0.4, 0.5) is 5.82 Å². The van der Waals surface area contributed by atoms with E-state index in [1.54, 1.807) is 24.6 Å². The van der Waals surface area contributed by atoms with E-state index in [1.807, 2.05) is 30.3 Å². The molecule has 2 heterocycles. The number of benzene rings is 1. The third-order valence-corrected chi connectivity index (χ3v) is 3.76. The number of carbonyl (C=O) groups excluding carboxylic acids is 2. The average molecular weight is 354 g/mol. The standard InChI is InChI=1S/C18H18N4O4/c1-11-9-16(21-26-11)20-17(23)13(3)25-18(24)15-10-19-22(12(15)2)14-7-5-4-6-8-14/h4-10,13H,1-3H3,(H,20,21,23). The lowest BCUT2D eigenvalue weighted by molar-refractivity contribution is -0.123. The van der Waals surface area contributed by atoms with Gasteiger partial charge in [0.05, 0.1) is 17.6 Å². The van der Waals surface area contributed by atoms with Gasteiger partial charge in [-0.15, -0.1) is 0 Å². The van der Waals surface area contributed by atoms with Crippen LogP contribution in [0.1, 0.15) is 28.7 Å². The van der Waals surface area contributed by atoms with Gasteiger partial charge in [0.2, 0.25) is 0 Å². The molecule has 1 atom stereocenters. The molecule has 0 saturated carbocycles. The third-order valence-electron chi connectivity index (χ3n) is 3.76. The predicted molar refractivity (Wildman–Crippen MR) is 93.0 cm³/mol. The lowest BCUT2D eigenvalue weighted by atomic mass is 10.2. The van der Waals surface area contributed by atoms with Crippen LogP contribution in [0.15, 0.2) is 47.1 Å². The van der Waals surface area contributed by atoms with Gasteiger partial charge in [-0.25, -0.2) is 9.48 Å². The minimum Gasteiger partial charge on any atom is -0.449 e. The molecule has 8 heteroatoms. The van der Waals surface area contributed by atoms with Gasteiger partial charge in [-0.3, -0.25) is 4.79 Å². The zero-order valence-electron chi connectivity index (χ0n) is 14.6. The van der Waals surface area contributed by atoms with Crippen LogP contribution in [0.3, 0.4) is 0 Å². The number of esters is 1. The number of amides is 1. The molecule has 0 spiro atoms. The molecule has 3 aromatic rings. The molecule has 1 N–H and O–H groups in total. The van der Waals surface area contributed by atoms with Gasteiger partial charge in [0.25, 0.3) is 5.91 Å². The summed E-state index contributed by atoms with van der Waals surface area (Å²) in [6, 6.07) is 11.0. The number of carbonyl (C=O) groups is 2. The maximum Gasteiger partial charge on any atom is 0.342 e. The number of anilines is 1. The smallest absolute Gasteiger partial charge is 0.342 e. The highest BCUT2D eigenvalue weighted by atomic mass is 16.5. The van der Waals surface area contributed by atoms with E-state index in [4.69, 9.17) is 9.26 Å². The first kappa shape index (κ1) is 17.4. The van der Waals surface area contributed by atoms with E-state index in [2.05, 4.69) is 15.6 Å². The van der Waals surface area contributed by atoms with Crippen molar-refractivity contribution < 1.29 is 18.8 Å². The molecule has 1 unspecified atom stereocenters. The summed E-state index contributed by atoms with van der Waals surface area (Å²) >= 11 is 0. The van der Waals surface area contributed by atoms with Crippen molar-refractivity contribution in [2.24, 2.45) is 0 Å². The molecule has 0 aliphatic carbocycles. The van der Waals surface area contributed by atoms with E-state index in [-0.39, 0.29) is 5.82 Å². The Morgan fingerprint density at radius 3 is 2.62 bits per heavy atom. The molecule has 1 aromatic carbocycles. The summed E-state index contributed by atoms with van der Waals surface area (Å²) in [5, 5.41) is 10.4. The van der Waals surface area contributed by atoms with Gasteiger partial charge in [0.1, 0.15) is 11.3 Å². The van der Waals surface area contributed by atoms with E-state index in [1.165, 1.54) is 13.1 Å². The maximum absolute atomic E-state index is 12.4. The van der Waals surface area contributed by atoms with Crippen molar-refractivity contribution in [2.75, 3.05) is 5.32 Å². The van der Waals surface area contributed by atoms with E-state index in [9.17, 15) is 9.59 Å². The number of rotatable bonds is 5. The molecule has 1 amide bonds. The highest BCUT2D eigenvalue weighted by Crippen LogP contribution is 2.16. The van der Waals surface area contributed by atoms with Gasteiger partial charge < -0.3 is 14.6 Å². The fraction of sp³-hybridized carbons (Fsp3) is 0.222. The zero-order chi connectivity index (χ0) is 18.7. The Balaban J connectivity index is 1.68. The highest BCUT2D eigenvalue weighted by Gasteiger charge is 2.23. The summed E-state index contributed by atoms with van der Waals surface area (Å²) in [7, 11) is 0. The van der Waals surface area contributed by atoms with Crippen molar-refractivity contribution in [2.45, 2.75) is 26.9 Å². The Hall–Kier alpha value is -3.42. The lowest BCUT2D eigenvalue weighted by Crippen LogP contribution is -2.30. The second-order valence-corrected chi connectivity index (χ2v) is 5.75. The Bertz CT molecular complexity index is 930. The molecule has 0 aliphatic heterocycles. The normalized spacial score (nSPS) is 11.8. The van der Waals surface area contributed by atoms with Gasteiger partial charge in [-0.2, -0.15) is 5.10 Å². The van der Waals surface area contributed by atoms with Gasteiger partial charge >= 0.3 is 5.97 Å². The molecule has 3 rings (SSSR count). The number of hydrogen-bond donors (Lipinski definition) is 1. The van der Waals surface area contributed by atoms with Crippen LogP contribution < -0.4 is 5.32 Å². The van der Waals surface area contributed by atoms with E-state index < -0.39 is 18.0 Å². The van der Waals surface area contributed by atoms with Crippen molar-refractivity contribution in [1.29, 1.82) is 0 Å². The number of aromatic nitrogens is 3. The summed E-state index contributed by atoms with van der Waals surface area (Å²) in [6.45, 7) is 4.95. The van der Waals surface area contributed by atoms with Gasteiger partial charge in [-0.05, 0) is 32.9 Å². The van der Waals surface area contributed by atoms with Gasteiger partial charge in [0, 0.05) is 6.07 Å². The SMILES string of the molecule is Cc1cc(NC(=O)C(C)OC(=O)c2cnn(-c3ccccc3)c2C)no1. The topological polar surface area (TPSA) is 99.2 Å². The lowest BCUT2D eigenvalue weighted by Gasteiger charge is -2.12. The Kier molecular flexibility index (Phi) is 4.83. The van der Waals surface area contributed by atoms with Crippen molar-refractivity contribution in [3.05, 3.63) is 59.6 Å². The summed E-state index contributed by atoms with van der Waals surface area (Å²) in [5.74, 6) is -0.291. The first-order valence-corrected chi connectivity index (χ1v) is 8.01. The number of para-hydroxylation sites is 1. The second-order valence-electron chi connectivity index (χ2n) is 5.75. The van der Waals surface area contributed by atoms with Crippen molar-refractivity contribution in [1.82, 2.24) is 14.9 Å². The van der Waals surface area contributed by atoms with Crippen LogP contribution in [0.25, 0.3) is 5.69 Å². The van der Waals surface area contributed by atoms with Crippen LogP contribution in [0, 0.1) is 13.8 Å². The Labute approximate surface area is 149 Å². The van der Waals surface area contributed by atoms with Crippen molar-refractivity contribution in [3.63, 3.8) is 0 Å². The Morgan fingerprint density at radius 1 is 1.23 bits per heavy atom. The summed E-state index contributed by atoms with van der Waals surface area (Å²) < 4.78 is 11.8. The summed E-state index contributed by atoms with van der Waals surface area (Å²) in [6.07, 6.45) is 0.426. The molecule has 8 nitrogen and oxygen atoms in total. The molecular weight excluding hydrogens is 336 g/mol. The van der Waals surface area contributed by atoms with E-state index >= 15 is 0 Å². The zero-order valence-corrected chi connectivity index (χ0v) is 14.6. The van der Waals surface area contributed by atoms with Crippen LogP contribution in [-0.2, 0) is 9.53 Å². The summed E-state index contributed by atoms with van der Waals surface area (Å²) in [5.41, 5.74) is 1.75. The second kappa shape index (κ2) is 7.22. The molecule has 0 bridgehead atoms. The van der Waals surface area contributed by atoms with Crippen LogP contribution in [0.2, 0.25) is 0 Å². The number of hydrogen-bond acceptors (Lipinski definition) is 6. The number of nitrogens with zero attached hydrogens (tertiary/aromatic N) is 3. The van der Waals surface area contributed by atoms with Crippen molar-refractivity contribution >= 4 is 17.7 Å². The minimum atomic E-state index is -1.00. The first-order chi connectivity index (χ1) is 12.5. The summed E-state index contributed by atoms with van der Waals surface area (Å²) in [4.78, 5) is 24.5. The van der Waals surface area contributed by atoms with E-state index in [0.717, 1.165) is 5.69 Å². The molecule has 134 valence electrons. The van der Waals surface area contributed by atoms with Gasteiger partial charge in [-0.1, -0.05) is 23.4 Å². The molecular formula is C18H18N4O4. The molecule has 2 aromatic heterocycles. The van der Waals surface area contributed by atoms with Crippen LogP contribution in [-0.4, -0.2) is 32.9 Å². The maximum atomic E-state index is 12.4. The predicted octanol–water partition coefficient (Wildman–Crippen LogP) is 2.66. The van der Waals surface area contributed by atoms with Crippen LogP contribution in [0.5, 0.6) is 0 Å². The minimum absolute atomic E-state index is 0.267. The molecule has 26 heavy (non-hydrogen) atoms. The Morgan fingerprint density at radius 2 is 1.96 bits per heavy atom. The monoisotopic (exact) mass is 354 g/mol. The highest BCUT2D eigenvalue weighted by molar-refractivity contribution is 5.97. The third kappa shape index (κ3) is 3.64. The molecule has 0 radical (unpaired) electrons. The fourth-order valence-electron chi connectivity index (χ4n) is 2.37.